The van der Waals surface area contributed by atoms with Gasteiger partial charge < -0.3 is 14.4 Å². The van der Waals surface area contributed by atoms with Crippen molar-refractivity contribution in [2.75, 3.05) is 27.3 Å². The molecule has 0 fully saturated rings. The van der Waals surface area contributed by atoms with Crippen LogP contribution in [0.25, 0.3) is 0 Å². The summed E-state index contributed by atoms with van der Waals surface area (Å²) in [6.07, 6.45) is 2.20. The van der Waals surface area contributed by atoms with Gasteiger partial charge in [0.2, 0.25) is 5.91 Å². The molecule has 0 aliphatic heterocycles. The minimum atomic E-state index is 0.115. The van der Waals surface area contributed by atoms with Crippen LogP contribution >= 0.6 is 11.6 Å². The van der Waals surface area contributed by atoms with Crippen LogP contribution in [-0.2, 0) is 11.2 Å². The molecular weight excluding hydrogens is 338 g/mol. The number of halogens is 1. The number of amides is 1. The van der Waals surface area contributed by atoms with Crippen LogP contribution in [-0.4, -0.2) is 38.1 Å². The number of hydrogen-bond donors (Lipinski definition) is 0. The number of likely N-dealkylation sites (N-methyl/N-ethyl adjacent to an activating group) is 1. The first-order valence-corrected chi connectivity index (χ1v) is 8.71. The smallest absolute Gasteiger partial charge is 0.226 e. The van der Waals surface area contributed by atoms with E-state index in [9.17, 15) is 4.79 Å². The number of ether oxygens (including phenoxy) is 2. The maximum Gasteiger partial charge on any atom is 0.226 e. The average molecular weight is 362 g/mol. The predicted octanol–water partition coefficient (Wildman–Crippen LogP) is 4.21. The van der Waals surface area contributed by atoms with Crippen LogP contribution in [0.3, 0.4) is 0 Å². The van der Waals surface area contributed by atoms with Crippen LogP contribution < -0.4 is 9.47 Å². The van der Waals surface area contributed by atoms with Crippen molar-refractivity contribution in [3.8, 4) is 11.5 Å². The second-order valence-corrected chi connectivity index (χ2v) is 6.29. The van der Waals surface area contributed by atoms with Crippen LogP contribution in [0.4, 0.5) is 0 Å². The highest BCUT2D eigenvalue weighted by Gasteiger charge is 2.09. The first kappa shape index (κ1) is 19.1. The zero-order valence-corrected chi connectivity index (χ0v) is 15.5. The summed E-state index contributed by atoms with van der Waals surface area (Å²) in [5.41, 5.74) is 0.990. The molecule has 134 valence electrons. The Morgan fingerprint density at radius 3 is 2.28 bits per heavy atom. The summed E-state index contributed by atoms with van der Waals surface area (Å²) in [6.45, 7) is 1.35. The van der Waals surface area contributed by atoms with Crippen molar-refractivity contribution < 1.29 is 14.3 Å². The summed E-state index contributed by atoms with van der Waals surface area (Å²) in [5.74, 6) is 1.72. The summed E-state index contributed by atoms with van der Waals surface area (Å²) in [5, 5.41) is 0.698. The largest absolute Gasteiger partial charge is 0.497 e. The lowest BCUT2D eigenvalue weighted by atomic mass is 10.1. The molecule has 0 heterocycles. The molecular formula is C20H24ClNO3. The summed E-state index contributed by atoms with van der Waals surface area (Å²) in [4.78, 5) is 14.0. The highest BCUT2D eigenvalue weighted by molar-refractivity contribution is 6.30. The van der Waals surface area contributed by atoms with E-state index in [0.717, 1.165) is 36.4 Å². The zero-order valence-electron chi connectivity index (χ0n) is 14.7. The fraction of sp³-hybridized carbons (Fsp3) is 0.350. The SMILES string of the molecule is COc1ccc(CC(=O)N(C)CCCCOc2ccc(Cl)cc2)cc1. The molecule has 2 rings (SSSR count). The van der Waals surface area contributed by atoms with E-state index < -0.39 is 0 Å². The van der Waals surface area contributed by atoms with Crippen molar-refractivity contribution >= 4 is 17.5 Å². The van der Waals surface area contributed by atoms with Crippen molar-refractivity contribution in [1.29, 1.82) is 0 Å². The highest BCUT2D eigenvalue weighted by atomic mass is 35.5. The van der Waals surface area contributed by atoms with Crippen LogP contribution in [0.15, 0.2) is 48.5 Å². The van der Waals surface area contributed by atoms with Gasteiger partial charge in [-0.15, -0.1) is 0 Å². The van der Waals surface area contributed by atoms with Crippen molar-refractivity contribution in [2.45, 2.75) is 19.3 Å². The Morgan fingerprint density at radius 1 is 1.00 bits per heavy atom. The van der Waals surface area contributed by atoms with Gasteiger partial charge in [0.05, 0.1) is 20.1 Å². The quantitative estimate of drug-likeness (QED) is 0.628. The van der Waals surface area contributed by atoms with Gasteiger partial charge in [0.15, 0.2) is 0 Å². The van der Waals surface area contributed by atoms with E-state index in [0.29, 0.717) is 18.1 Å². The lowest BCUT2D eigenvalue weighted by Crippen LogP contribution is -2.29. The van der Waals surface area contributed by atoms with Crippen molar-refractivity contribution in [2.24, 2.45) is 0 Å². The van der Waals surface area contributed by atoms with Gasteiger partial charge in [0.25, 0.3) is 0 Å². The topological polar surface area (TPSA) is 38.8 Å². The number of nitrogens with zero attached hydrogens (tertiary/aromatic N) is 1. The van der Waals surface area contributed by atoms with Gasteiger partial charge in [0, 0.05) is 18.6 Å². The van der Waals surface area contributed by atoms with Gasteiger partial charge in [-0.1, -0.05) is 23.7 Å². The first-order valence-electron chi connectivity index (χ1n) is 8.34. The van der Waals surface area contributed by atoms with Gasteiger partial charge in [-0.2, -0.15) is 0 Å². The number of rotatable bonds is 9. The molecule has 1 amide bonds. The molecule has 0 radical (unpaired) electrons. The Kier molecular flexibility index (Phi) is 7.61. The van der Waals surface area contributed by atoms with Gasteiger partial charge >= 0.3 is 0 Å². The van der Waals surface area contributed by atoms with Crippen LogP contribution in [0, 0.1) is 0 Å². The predicted molar refractivity (Wildman–Crippen MR) is 101 cm³/mol. The molecule has 4 nitrogen and oxygen atoms in total. The average Bonchev–Trinajstić information content (AvgIpc) is 2.63. The molecule has 0 atom stereocenters. The summed E-state index contributed by atoms with van der Waals surface area (Å²) in [6, 6.07) is 14.9. The summed E-state index contributed by atoms with van der Waals surface area (Å²) < 4.78 is 10.8. The number of carbonyl (C=O) groups excluding carboxylic acids is 1. The number of benzene rings is 2. The first-order chi connectivity index (χ1) is 12.1. The van der Waals surface area contributed by atoms with Gasteiger partial charge in [-0.3, -0.25) is 4.79 Å². The third kappa shape index (κ3) is 6.67. The minimum absolute atomic E-state index is 0.115. The molecule has 0 saturated heterocycles. The molecule has 0 aliphatic carbocycles. The summed E-state index contributed by atoms with van der Waals surface area (Å²) in [7, 11) is 3.47. The third-order valence-electron chi connectivity index (χ3n) is 3.91. The Hall–Kier alpha value is -2.20. The zero-order chi connectivity index (χ0) is 18.1. The Balaban J connectivity index is 1.64. The molecule has 0 spiro atoms. The molecule has 0 aliphatic rings. The van der Waals surface area contributed by atoms with E-state index in [4.69, 9.17) is 21.1 Å². The fourth-order valence-corrected chi connectivity index (χ4v) is 2.48. The van der Waals surface area contributed by atoms with Crippen LogP contribution in [0.5, 0.6) is 11.5 Å². The van der Waals surface area contributed by atoms with E-state index in [1.54, 1.807) is 12.0 Å². The Bertz CT molecular complexity index is 656. The Morgan fingerprint density at radius 2 is 1.64 bits per heavy atom. The molecule has 2 aromatic rings. The standard InChI is InChI=1S/C20H24ClNO3/c1-22(20(23)15-16-5-9-18(24-2)10-6-16)13-3-4-14-25-19-11-7-17(21)8-12-19/h5-12H,3-4,13-15H2,1-2H3. The van der Waals surface area contributed by atoms with Crippen molar-refractivity contribution in [3.05, 3.63) is 59.1 Å². The fourth-order valence-electron chi connectivity index (χ4n) is 2.35. The van der Waals surface area contributed by atoms with E-state index in [-0.39, 0.29) is 5.91 Å². The monoisotopic (exact) mass is 361 g/mol. The maximum atomic E-state index is 12.2. The van der Waals surface area contributed by atoms with E-state index in [1.165, 1.54) is 0 Å². The third-order valence-corrected chi connectivity index (χ3v) is 4.16. The molecule has 0 bridgehead atoms. The lowest BCUT2D eigenvalue weighted by molar-refractivity contribution is -0.129. The van der Waals surface area contributed by atoms with Gasteiger partial charge in [-0.05, 0) is 54.8 Å². The molecule has 25 heavy (non-hydrogen) atoms. The second-order valence-electron chi connectivity index (χ2n) is 5.85. The number of unbranched alkanes of at least 4 members (excludes halogenated alkanes) is 1. The van der Waals surface area contributed by atoms with E-state index in [1.807, 2.05) is 55.6 Å². The van der Waals surface area contributed by atoms with E-state index in [2.05, 4.69) is 0 Å². The van der Waals surface area contributed by atoms with Gasteiger partial charge in [0.1, 0.15) is 11.5 Å². The van der Waals surface area contributed by atoms with Crippen LogP contribution in [0.2, 0.25) is 5.02 Å². The molecule has 2 aromatic carbocycles. The second kappa shape index (κ2) is 9.94. The normalized spacial score (nSPS) is 10.4. The Labute approximate surface area is 154 Å². The molecule has 0 aromatic heterocycles. The van der Waals surface area contributed by atoms with Crippen molar-refractivity contribution in [1.82, 2.24) is 4.90 Å². The number of hydrogen-bond acceptors (Lipinski definition) is 3. The maximum absolute atomic E-state index is 12.2. The number of methoxy groups -OCH3 is 1. The van der Waals surface area contributed by atoms with Crippen molar-refractivity contribution in [3.63, 3.8) is 0 Å². The summed E-state index contributed by atoms with van der Waals surface area (Å²) >= 11 is 5.83. The highest BCUT2D eigenvalue weighted by Crippen LogP contribution is 2.16. The minimum Gasteiger partial charge on any atom is -0.497 e. The van der Waals surface area contributed by atoms with E-state index >= 15 is 0 Å². The van der Waals surface area contributed by atoms with Gasteiger partial charge in [-0.25, -0.2) is 0 Å². The number of carbonyl (C=O) groups is 1. The molecule has 0 N–H and O–H groups in total. The molecule has 0 unspecified atom stereocenters. The molecule has 0 saturated carbocycles. The lowest BCUT2D eigenvalue weighted by Gasteiger charge is -2.17. The van der Waals surface area contributed by atoms with Crippen LogP contribution in [0.1, 0.15) is 18.4 Å². The molecule has 5 heteroatoms.